The molecule has 1 atom stereocenters. The summed E-state index contributed by atoms with van der Waals surface area (Å²) >= 11 is 0. The highest BCUT2D eigenvalue weighted by Gasteiger charge is 2.33. The number of cyclic esters (lactones) is 1. The molecule has 0 bridgehead atoms. The minimum absolute atomic E-state index is 0.0205. The lowest BCUT2D eigenvalue weighted by molar-refractivity contribution is -0.384. The summed E-state index contributed by atoms with van der Waals surface area (Å²) in [4.78, 5) is 59.1. The van der Waals surface area contributed by atoms with Gasteiger partial charge in [-0.3, -0.25) is 24.7 Å². The van der Waals surface area contributed by atoms with Gasteiger partial charge in [0.05, 0.1) is 40.4 Å². The number of H-pyrrole nitrogens is 1. The quantitative estimate of drug-likeness (QED) is 0.247. The third-order valence-electron chi connectivity index (χ3n) is 6.96. The summed E-state index contributed by atoms with van der Waals surface area (Å²) < 4.78 is 20.4. The number of ketones is 2. The van der Waals surface area contributed by atoms with E-state index in [1.165, 1.54) is 36.1 Å². The largest absolute Gasteiger partial charge is 0.444 e. The minimum atomic E-state index is -0.559. The van der Waals surface area contributed by atoms with E-state index >= 15 is 4.39 Å². The lowest BCUT2D eigenvalue weighted by atomic mass is 10.1. The van der Waals surface area contributed by atoms with Gasteiger partial charge in [-0.05, 0) is 37.6 Å². The molecule has 3 heterocycles. The highest BCUT2D eigenvalue weighted by atomic mass is 19.1. The number of aromatic amines is 1. The number of anilines is 2. The van der Waals surface area contributed by atoms with Crippen molar-refractivity contribution in [1.82, 2.24) is 14.9 Å². The van der Waals surface area contributed by atoms with E-state index in [-0.39, 0.29) is 36.2 Å². The van der Waals surface area contributed by atoms with Gasteiger partial charge in [0.2, 0.25) is 5.78 Å². The zero-order chi connectivity index (χ0) is 27.7. The fraction of sp³-hybridized carbons (Fsp3) is 0.385. The van der Waals surface area contributed by atoms with Crippen molar-refractivity contribution in [1.29, 1.82) is 0 Å². The number of hydrogen-bond donors (Lipinski definition) is 1. The molecule has 0 spiro atoms. The second kappa shape index (κ2) is 10.8. The molecule has 1 N–H and O–H groups in total. The average molecular weight is 539 g/mol. The van der Waals surface area contributed by atoms with E-state index in [0.29, 0.717) is 61.4 Å². The van der Waals surface area contributed by atoms with Gasteiger partial charge in [0.1, 0.15) is 17.7 Å². The number of aromatic nitrogens is 2. The van der Waals surface area contributed by atoms with Crippen LogP contribution in [0.25, 0.3) is 11.0 Å². The van der Waals surface area contributed by atoms with Crippen LogP contribution in [-0.4, -0.2) is 82.8 Å². The van der Waals surface area contributed by atoms with Crippen molar-refractivity contribution < 1.29 is 28.4 Å². The second-order valence-electron chi connectivity index (χ2n) is 9.72. The van der Waals surface area contributed by atoms with Gasteiger partial charge in [-0.1, -0.05) is 0 Å². The molecule has 204 valence electrons. The van der Waals surface area contributed by atoms with Gasteiger partial charge in [-0.25, -0.2) is 14.2 Å². The number of benzene rings is 2. The molecule has 0 saturated carbocycles. The minimum Gasteiger partial charge on any atom is -0.444 e. The number of fused-ring (bicyclic) bond motifs is 1. The first-order valence-corrected chi connectivity index (χ1v) is 12.6. The van der Waals surface area contributed by atoms with Crippen LogP contribution in [0, 0.1) is 15.9 Å². The number of carbonyl (C=O) groups is 3. The third-order valence-corrected chi connectivity index (χ3v) is 6.96. The van der Waals surface area contributed by atoms with Crippen LogP contribution in [0.5, 0.6) is 0 Å². The summed E-state index contributed by atoms with van der Waals surface area (Å²) in [7, 11) is 0. The van der Waals surface area contributed by atoms with Crippen molar-refractivity contribution in [2.75, 3.05) is 49.1 Å². The summed E-state index contributed by atoms with van der Waals surface area (Å²) in [5, 5.41) is 11.0. The zero-order valence-electron chi connectivity index (χ0n) is 21.3. The molecule has 2 saturated heterocycles. The smallest absolute Gasteiger partial charge is 0.414 e. The summed E-state index contributed by atoms with van der Waals surface area (Å²) in [6.07, 6.45) is -0.210. The van der Waals surface area contributed by atoms with Crippen molar-refractivity contribution in [3.8, 4) is 0 Å². The number of hydrogen-bond acceptors (Lipinski definition) is 9. The van der Waals surface area contributed by atoms with Crippen LogP contribution >= 0.6 is 0 Å². The summed E-state index contributed by atoms with van der Waals surface area (Å²) in [5.41, 5.74) is 1.61. The molecule has 12 nitrogen and oxygen atoms in total. The van der Waals surface area contributed by atoms with Gasteiger partial charge in [0, 0.05) is 44.7 Å². The van der Waals surface area contributed by atoms with Crippen LogP contribution in [0.3, 0.4) is 0 Å². The van der Waals surface area contributed by atoms with Gasteiger partial charge in [-0.2, -0.15) is 0 Å². The van der Waals surface area contributed by atoms with Crippen LogP contribution in [0.15, 0.2) is 36.4 Å². The Labute approximate surface area is 222 Å². The first-order chi connectivity index (χ1) is 18.7. The maximum Gasteiger partial charge on any atom is 0.414 e. The molecule has 3 aromatic rings. The van der Waals surface area contributed by atoms with E-state index in [9.17, 15) is 24.5 Å². The Balaban J connectivity index is 1.17. The first kappa shape index (κ1) is 26.2. The van der Waals surface area contributed by atoms with E-state index in [1.807, 2.05) is 9.80 Å². The monoisotopic (exact) mass is 538 g/mol. The molecule has 1 aromatic heterocycles. The highest BCUT2D eigenvalue weighted by Crippen LogP contribution is 2.29. The Morgan fingerprint density at radius 3 is 2.64 bits per heavy atom. The van der Waals surface area contributed by atoms with Gasteiger partial charge >= 0.3 is 6.09 Å². The molecule has 1 amide bonds. The van der Waals surface area contributed by atoms with E-state index in [1.54, 1.807) is 12.1 Å². The van der Waals surface area contributed by atoms with Gasteiger partial charge in [0.15, 0.2) is 5.82 Å². The van der Waals surface area contributed by atoms with E-state index in [2.05, 4.69) is 9.97 Å². The molecule has 0 unspecified atom stereocenters. The van der Waals surface area contributed by atoms with Crippen LogP contribution in [0.4, 0.5) is 26.2 Å². The predicted molar refractivity (Wildman–Crippen MR) is 140 cm³/mol. The number of halogens is 1. The zero-order valence-corrected chi connectivity index (χ0v) is 21.3. The first-order valence-electron chi connectivity index (χ1n) is 12.6. The Morgan fingerprint density at radius 2 is 1.95 bits per heavy atom. The Morgan fingerprint density at radius 1 is 1.18 bits per heavy atom. The molecule has 2 aliphatic heterocycles. The number of nitro benzene ring substituents is 1. The van der Waals surface area contributed by atoms with Gasteiger partial charge in [-0.15, -0.1) is 0 Å². The Kier molecular flexibility index (Phi) is 7.24. The predicted octanol–water partition coefficient (Wildman–Crippen LogP) is 3.31. The number of Topliss-reactive ketones (excluding diaryl/α,β-unsaturated/α-hetero) is 2. The van der Waals surface area contributed by atoms with Crippen LogP contribution in [0.1, 0.15) is 30.4 Å². The van der Waals surface area contributed by atoms with Crippen molar-refractivity contribution in [2.24, 2.45) is 0 Å². The molecule has 2 fully saturated rings. The SMILES string of the molecule is CC(=O)CC[C@H]1CN(c2ccc(N3CCN(CC(=O)c4nc5ccc([N+](=O)[O-])cc5[nH]4)CC3)c(F)c2)C(=O)O1. The number of carbonyl (C=O) groups excluding carboxylic acids is 3. The van der Waals surface area contributed by atoms with Crippen molar-refractivity contribution >= 4 is 45.8 Å². The lowest BCUT2D eigenvalue weighted by Crippen LogP contribution is -2.48. The average Bonchev–Trinajstić information content (AvgIpc) is 3.51. The highest BCUT2D eigenvalue weighted by molar-refractivity contribution is 5.97. The topological polar surface area (TPSA) is 142 Å². The molecule has 2 aromatic carbocycles. The molecular formula is C26H27FN6O6. The lowest BCUT2D eigenvalue weighted by Gasteiger charge is -2.35. The Hall–Kier alpha value is -4.39. The molecule has 5 rings (SSSR count). The van der Waals surface area contributed by atoms with Crippen LogP contribution in [-0.2, 0) is 9.53 Å². The summed E-state index contributed by atoms with van der Waals surface area (Å²) in [5.74, 6) is -0.545. The molecule has 2 aliphatic rings. The Bertz CT molecular complexity index is 1450. The second-order valence-corrected chi connectivity index (χ2v) is 9.72. The van der Waals surface area contributed by atoms with Crippen molar-refractivity contribution in [3.63, 3.8) is 0 Å². The molecule has 39 heavy (non-hydrogen) atoms. The number of amides is 1. The molecular weight excluding hydrogens is 511 g/mol. The van der Waals surface area contributed by atoms with E-state index in [4.69, 9.17) is 4.74 Å². The van der Waals surface area contributed by atoms with Crippen LogP contribution in [0.2, 0.25) is 0 Å². The number of rotatable bonds is 9. The fourth-order valence-corrected chi connectivity index (χ4v) is 4.84. The third kappa shape index (κ3) is 5.72. The van der Waals surface area contributed by atoms with Gasteiger partial charge < -0.3 is 19.4 Å². The number of nitrogens with zero attached hydrogens (tertiary/aromatic N) is 5. The maximum absolute atomic E-state index is 15.1. The number of ether oxygens (including phenoxy) is 1. The van der Waals surface area contributed by atoms with Crippen molar-refractivity contribution in [3.05, 3.63) is 58.2 Å². The number of non-ortho nitro benzene ring substituents is 1. The fourth-order valence-electron chi connectivity index (χ4n) is 4.84. The number of nitrogens with one attached hydrogen (secondary N) is 1. The summed E-state index contributed by atoms with van der Waals surface area (Å²) in [6.45, 7) is 3.89. The van der Waals surface area contributed by atoms with Crippen molar-refractivity contribution in [2.45, 2.75) is 25.9 Å². The number of nitro groups is 1. The number of imidazole rings is 1. The normalized spacial score (nSPS) is 18.0. The molecule has 0 radical (unpaired) electrons. The summed E-state index contributed by atoms with van der Waals surface area (Å²) in [6, 6.07) is 8.80. The van der Waals surface area contributed by atoms with E-state index < -0.39 is 22.9 Å². The van der Waals surface area contributed by atoms with Gasteiger partial charge in [0.25, 0.3) is 5.69 Å². The molecule has 13 heteroatoms. The standard InChI is InChI=1S/C26H27FN6O6/c1-16(34)2-5-19-14-32(26(36)39-19)17-4-7-23(20(27)12-17)31-10-8-30(9-11-31)15-24(35)25-28-21-6-3-18(33(37)38)13-22(21)29-25/h3-4,6-7,12-13,19H,2,5,8-11,14-15H2,1H3,(H,28,29)/t19-/m0/s1. The van der Waals surface area contributed by atoms with Crippen LogP contribution < -0.4 is 9.80 Å². The maximum atomic E-state index is 15.1. The number of piperazine rings is 1. The molecule has 0 aliphatic carbocycles. The van der Waals surface area contributed by atoms with E-state index in [0.717, 1.165) is 0 Å².